The van der Waals surface area contributed by atoms with E-state index in [1.54, 1.807) is 35.0 Å². The predicted molar refractivity (Wildman–Crippen MR) is 80.2 cm³/mol. The Morgan fingerprint density at radius 1 is 1.50 bits per heavy atom. The highest BCUT2D eigenvalue weighted by Crippen LogP contribution is 2.22. The fourth-order valence-corrected chi connectivity index (χ4v) is 2.34. The molecule has 0 bridgehead atoms. The summed E-state index contributed by atoms with van der Waals surface area (Å²) < 4.78 is 5.34. The number of nitrogens with two attached hydrogens (primary N) is 1. The van der Waals surface area contributed by atoms with Crippen molar-refractivity contribution in [1.82, 2.24) is 10.3 Å². The van der Waals surface area contributed by atoms with Gasteiger partial charge >= 0.3 is 0 Å². The van der Waals surface area contributed by atoms with Crippen LogP contribution in [0, 0.1) is 0 Å². The van der Waals surface area contributed by atoms with E-state index < -0.39 is 0 Å². The van der Waals surface area contributed by atoms with Gasteiger partial charge < -0.3 is 15.8 Å². The molecular weight excluding hydrogens is 274 g/mol. The van der Waals surface area contributed by atoms with Gasteiger partial charge in [-0.05, 0) is 25.1 Å². The minimum atomic E-state index is -0.144. The molecule has 0 aliphatic rings. The molecule has 1 aromatic heterocycles. The van der Waals surface area contributed by atoms with Crippen LogP contribution in [0.2, 0.25) is 0 Å². The molecule has 0 saturated heterocycles. The first kappa shape index (κ1) is 14.3. The van der Waals surface area contributed by atoms with Crippen molar-refractivity contribution in [3.63, 3.8) is 0 Å². The summed E-state index contributed by atoms with van der Waals surface area (Å²) in [6.07, 6.45) is 0.724. The smallest absolute Gasteiger partial charge is 0.251 e. The third kappa shape index (κ3) is 3.71. The van der Waals surface area contributed by atoms with Crippen LogP contribution in [0.1, 0.15) is 23.0 Å². The number of carbonyl (C=O) groups excluding carboxylic acids is 1. The standard InChI is InChI=1S/C14H17N3O2S/c1-2-19-13-4-3-10(7-12(13)15)14(18)16-6-5-11-8-20-9-17-11/h3-4,7-9H,2,5-6,15H2,1H3,(H,16,18). The molecule has 2 aromatic rings. The molecule has 5 nitrogen and oxygen atoms in total. The maximum absolute atomic E-state index is 12.0. The van der Waals surface area contributed by atoms with Crippen LogP contribution in [0.4, 0.5) is 5.69 Å². The number of rotatable bonds is 6. The van der Waals surface area contributed by atoms with Crippen LogP contribution in [-0.4, -0.2) is 24.0 Å². The van der Waals surface area contributed by atoms with E-state index in [-0.39, 0.29) is 5.91 Å². The molecule has 0 aliphatic carbocycles. The van der Waals surface area contributed by atoms with E-state index >= 15 is 0 Å². The monoisotopic (exact) mass is 291 g/mol. The number of benzene rings is 1. The Hall–Kier alpha value is -2.08. The second-order valence-electron chi connectivity index (χ2n) is 4.17. The lowest BCUT2D eigenvalue weighted by atomic mass is 10.1. The predicted octanol–water partition coefficient (Wildman–Crippen LogP) is 2.10. The van der Waals surface area contributed by atoms with Gasteiger partial charge in [-0.2, -0.15) is 0 Å². The third-order valence-electron chi connectivity index (χ3n) is 2.72. The van der Waals surface area contributed by atoms with Crippen LogP contribution in [0.3, 0.4) is 0 Å². The van der Waals surface area contributed by atoms with E-state index in [4.69, 9.17) is 10.5 Å². The summed E-state index contributed by atoms with van der Waals surface area (Å²) in [4.78, 5) is 16.1. The lowest BCUT2D eigenvalue weighted by molar-refractivity contribution is 0.0954. The van der Waals surface area contributed by atoms with Crippen LogP contribution in [0.25, 0.3) is 0 Å². The van der Waals surface area contributed by atoms with Crippen molar-refractivity contribution in [2.75, 3.05) is 18.9 Å². The van der Waals surface area contributed by atoms with Gasteiger partial charge in [0.2, 0.25) is 0 Å². The first-order valence-corrected chi connectivity index (χ1v) is 7.32. The maximum Gasteiger partial charge on any atom is 0.251 e. The number of anilines is 1. The number of hydrogen-bond acceptors (Lipinski definition) is 5. The Bertz CT molecular complexity index is 570. The van der Waals surface area contributed by atoms with Crippen molar-refractivity contribution in [3.05, 3.63) is 40.3 Å². The molecule has 2 rings (SSSR count). The molecule has 0 aliphatic heterocycles. The topological polar surface area (TPSA) is 77.2 Å². The van der Waals surface area contributed by atoms with E-state index in [1.165, 1.54) is 0 Å². The van der Waals surface area contributed by atoms with Crippen LogP contribution < -0.4 is 15.8 Å². The van der Waals surface area contributed by atoms with Crippen molar-refractivity contribution in [1.29, 1.82) is 0 Å². The quantitative estimate of drug-likeness (QED) is 0.799. The van der Waals surface area contributed by atoms with E-state index in [9.17, 15) is 4.79 Å². The summed E-state index contributed by atoms with van der Waals surface area (Å²) in [7, 11) is 0. The van der Waals surface area contributed by atoms with E-state index in [1.807, 2.05) is 12.3 Å². The largest absolute Gasteiger partial charge is 0.492 e. The van der Waals surface area contributed by atoms with Gasteiger partial charge in [0, 0.05) is 23.9 Å². The van der Waals surface area contributed by atoms with Gasteiger partial charge in [-0.15, -0.1) is 11.3 Å². The molecule has 0 atom stereocenters. The van der Waals surface area contributed by atoms with Gasteiger partial charge in [0.25, 0.3) is 5.91 Å². The molecule has 0 saturated carbocycles. The average Bonchev–Trinajstić information content (AvgIpc) is 2.94. The maximum atomic E-state index is 12.0. The second kappa shape index (κ2) is 6.91. The fraction of sp³-hybridized carbons (Fsp3) is 0.286. The Morgan fingerprint density at radius 2 is 2.35 bits per heavy atom. The first-order chi connectivity index (χ1) is 9.70. The summed E-state index contributed by atoms with van der Waals surface area (Å²) in [6, 6.07) is 5.05. The summed E-state index contributed by atoms with van der Waals surface area (Å²) in [5, 5.41) is 4.82. The highest BCUT2D eigenvalue weighted by Gasteiger charge is 2.08. The van der Waals surface area contributed by atoms with E-state index in [2.05, 4.69) is 10.3 Å². The van der Waals surface area contributed by atoms with Gasteiger partial charge in [-0.1, -0.05) is 0 Å². The van der Waals surface area contributed by atoms with Crippen LogP contribution in [-0.2, 0) is 6.42 Å². The lowest BCUT2D eigenvalue weighted by Gasteiger charge is -2.09. The van der Waals surface area contributed by atoms with Gasteiger partial charge in [-0.25, -0.2) is 4.98 Å². The SMILES string of the molecule is CCOc1ccc(C(=O)NCCc2cscn2)cc1N. The number of aromatic nitrogens is 1. The molecule has 106 valence electrons. The molecule has 3 N–H and O–H groups in total. The van der Waals surface area contributed by atoms with E-state index in [0.29, 0.717) is 30.2 Å². The normalized spacial score (nSPS) is 10.2. The molecule has 0 spiro atoms. The Kier molecular flexibility index (Phi) is 4.95. The highest BCUT2D eigenvalue weighted by atomic mass is 32.1. The minimum absolute atomic E-state index is 0.144. The molecule has 20 heavy (non-hydrogen) atoms. The van der Waals surface area contributed by atoms with Gasteiger partial charge in [0.1, 0.15) is 5.75 Å². The Labute approximate surface area is 121 Å². The lowest BCUT2D eigenvalue weighted by Crippen LogP contribution is -2.25. The van der Waals surface area contributed by atoms with Crippen molar-refractivity contribution in [3.8, 4) is 5.75 Å². The van der Waals surface area contributed by atoms with Crippen molar-refractivity contribution in [2.45, 2.75) is 13.3 Å². The molecular formula is C14H17N3O2S. The number of thiazole rings is 1. The molecule has 1 amide bonds. The summed E-state index contributed by atoms with van der Waals surface area (Å²) in [5.74, 6) is 0.460. The first-order valence-electron chi connectivity index (χ1n) is 6.38. The number of amides is 1. The second-order valence-corrected chi connectivity index (χ2v) is 4.89. The van der Waals surface area contributed by atoms with Gasteiger partial charge in [0.05, 0.1) is 23.5 Å². The third-order valence-corrected chi connectivity index (χ3v) is 3.36. The molecule has 6 heteroatoms. The molecule has 0 radical (unpaired) electrons. The number of nitrogens with one attached hydrogen (secondary N) is 1. The Morgan fingerprint density at radius 3 is 3.00 bits per heavy atom. The highest BCUT2D eigenvalue weighted by molar-refractivity contribution is 7.07. The molecule has 0 fully saturated rings. The summed E-state index contributed by atoms with van der Waals surface area (Å²) in [5.41, 5.74) is 9.61. The van der Waals surface area contributed by atoms with Gasteiger partial charge in [-0.3, -0.25) is 4.79 Å². The zero-order valence-corrected chi connectivity index (χ0v) is 12.1. The van der Waals surface area contributed by atoms with E-state index in [0.717, 1.165) is 12.1 Å². The number of hydrogen-bond donors (Lipinski definition) is 2. The number of nitrogen functional groups attached to an aromatic ring is 1. The molecule has 1 aromatic carbocycles. The van der Waals surface area contributed by atoms with Crippen molar-refractivity contribution < 1.29 is 9.53 Å². The number of carbonyl (C=O) groups is 1. The summed E-state index contributed by atoms with van der Waals surface area (Å²) >= 11 is 1.55. The summed E-state index contributed by atoms with van der Waals surface area (Å²) in [6.45, 7) is 2.98. The Balaban J connectivity index is 1.90. The minimum Gasteiger partial charge on any atom is -0.492 e. The zero-order chi connectivity index (χ0) is 14.4. The fourth-order valence-electron chi connectivity index (χ4n) is 1.74. The molecule has 1 heterocycles. The van der Waals surface area contributed by atoms with Gasteiger partial charge in [0.15, 0.2) is 0 Å². The van der Waals surface area contributed by atoms with Crippen LogP contribution >= 0.6 is 11.3 Å². The number of nitrogens with zero attached hydrogens (tertiary/aromatic N) is 1. The van der Waals surface area contributed by atoms with Crippen LogP contribution in [0.5, 0.6) is 5.75 Å². The van der Waals surface area contributed by atoms with Crippen molar-refractivity contribution in [2.24, 2.45) is 0 Å². The molecule has 0 unspecified atom stereocenters. The van der Waals surface area contributed by atoms with Crippen molar-refractivity contribution >= 4 is 22.9 Å². The number of ether oxygens (including phenoxy) is 1. The zero-order valence-electron chi connectivity index (χ0n) is 11.3. The van der Waals surface area contributed by atoms with Crippen LogP contribution in [0.15, 0.2) is 29.1 Å². The average molecular weight is 291 g/mol.